The van der Waals surface area contributed by atoms with E-state index < -0.39 is 16.8 Å². The maximum atomic E-state index is 12.7. The van der Waals surface area contributed by atoms with Crippen LogP contribution in [0.1, 0.15) is 26.3 Å². The van der Waals surface area contributed by atoms with Crippen LogP contribution in [0.15, 0.2) is 42.5 Å². The standard InChI is InChI=1S/C19H21N3O5/c1-20(2)16-7-5-13(6-8-16)12-21(3)18(23)14-9-15(19(24)27-4)11-17(10-14)22(25)26/h5-11H,12H2,1-4H3. The lowest BCUT2D eigenvalue weighted by Crippen LogP contribution is -2.26. The summed E-state index contributed by atoms with van der Waals surface area (Å²) in [6.45, 7) is 0.322. The molecular weight excluding hydrogens is 350 g/mol. The third-order valence-corrected chi connectivity index (χ3v) is 4.02. The summed E-state index contributed by atoms with van der Waals surface area (Å²) in [5.74, 6) is -1.17. The van der Waals surface area contributed by atoms with Crippen molar-refractivity contribution < 1.29 is 19.2 Å². The summed E-state index contributed by atoms with van der Waals surface area (Å²) in [4.78, 5) is 38.3. The van der Waals surface area contributed by atoms with Crippen LogP contribution >= 0.6 is 0 Å². The smallest absolute Gasteiger partial charge is 0.338 e. The number of ether oxygens (including phenoxy) is 1. The topological polar surface area (TPSA) is 93.0 Å². The second kappa shape index (κ2) is 8.31. The Balaban J connectivity index is 2.25. The Bertz CT molecular complexity index is 862. The van der Waals surface area contributed by atoms with Crippen molar-refractivity contribution in [1.29, 1.82) is 0 Å². The molecule has 1 amide bonds. The van der Waals surface area contributed by atoms with Gasteiger partial charge in [0, 0.05) is 51.1 Å². The van der Waals surface area contributed by atoms with Gasteiger partial charge in [0.25, 0.3) is 11.6 Å². The van der Waals surface area contributed by atoms with Gasteiger partial charge in [0.05, 0.1) is 17.6 Å². The average molecular weight is 371 g/mol. The number of carbonyl (C=O) groups excluding carboxylic acids is 2. The molecular formula is C19H21N3O5. The molecule has 0 spiro atoms. The number of amides is 1. The zero-order valence-electron chi connectivity index (χ0n) is 15.6. The highest BCUT2D eigenvalue weighted by Crippen LogP contribution is 2.20. The molecule has 0 fully saturated rings. The first-order chi connectivity index (χ1) is 12.7. The number of non-ortho nitro benzene ring substituents is 1. The Kier molecular flexibility index (Phi) is 6.12. The zero-order chi connectivity index (χ0) is 20.1. The van der Waals surface area contributed by atoms with Crippen LogP contribution in [-0.4, -0.2) is 50.0 Å². The highest BCUT2D eigenvalue weighted by molar-refractivity contribution is 5.98. The van der Waals surface area contributed by atoms with Gasteiger partial charge in [-0.05, 0) is 23.8 Å². The second-order valence-electron chi connectivity index (χ2n) is 6.24. The van der Waals surface area contributed by atoms with Crippen LogP contribution in [0, 0.1) is 10.1 Å². The molecule has 0 N–H and O–H groups in total. The molecule has 0 aliphatic heterocycles. The van der Waals surface area contributed by atoms with Crippen LogP contribution in [0.3, 0.4) is 0 Å². The largest absolute Gasteiger partial charge is 0.465 e. The molecule has 0 aliphatic carbocycles. The molecule has 2 aromatic carbocycles. The number of anilines is 1. The molecule has 0 aliphatic rings. The third-order valence-electron chi connectivity index (χ3n) is 4.02. The van der Waals surface area contributed by atoms with Crippen LogP contribution in [0.25, 0.3) is 0 Å². The van der Waals surface area contributed by atoms with E-state index in [-0.39, 0.29) is 16.8 Å². The second-order valence-corrected chi connectivity index (χ2v) is 6.24. The Morgan fingerprint density at radius 1 is 1.04 bits per heavy atom. The monoisotopic (exact) mass is 371 g/mol. The number of benzene rings is 2. The van der Waals surface area contributed by atoms with Crippen molar-refractivity contribution in [2.24, 2.45) is 0 Å². The van der Waals surface area contributed by atoms with Crippen LogP contribution in [0.2, 0.25) is 0 Å². The number of hydrogen-bond acceptors (Lipinski definition) is 6. The molecule has 142 valence electrons. The Labute approximate surface area is 157 Å². The summed E-state index contributed by atoms with van der Waals surface area (Å²) >= 11 is 0. The van der Waals surface area contributed by atoms with Crippen molar-refractivity contribution in [3.05, 3.63) is 69.3 Å². The fraction of sp³-hybridized carbons (Fsp3) is 0.263. The predicted molar refractivity (Wildman–Crippen MR) is 101 cm³/mol. The number of nitro benzene ring substituents is 1. The fourth-order valence-corrected chi connectivity index (χ4v) is 2.54. The molecule has 0 unspecified atom stereocenters. The molecule has 0 bridgehead atoms. The van der Waals surface area contributed by atoms with Crippen molar-refractivity contribution in [1.82, 2.24) is 4.90 Å². The molecule has 2 aromatic rings. The molecule has 8 heteroatoms. The quantitative estimate of drug-likeness (QED) is 0.440. The van der Waals surface area contributed by atoms with Crippen LogP contribution in [0.4, 0.5) is 11.4 Å². The molecule has 0 saturated heterocycles. The lowest BCUT2D eigenvalue weighted by molar-refractivity contribution is -0.384. The highest BCUT2D eigenvalue weighted by atomic mass is 16.6. The van der Waals surface area contributed by atoms with E-state index in [1.165, 1.54) is 18.1 Å². The predicted octanol–water partition coefficient (Wildman–Crippen LogP) is 2.72. The molecule has 2 rings (SSSR count). The van der Waals surface area contributed by atoms with Gasteiger partial charge in [-0.3, -0.25) is 14.9 Å². The molecule has 0 heterocycles. The summed E-state index contributed by atoms with van der Waals surface area (Å²) in [5, 5.41) is 11.1. The highest BCUT2D eigenvalue weighted by Gasteiger charge is 2.20. The number of methoxy groups -OCH3 is 1. The Morgan fingerprint density at radius 3 is 2.15 bits per heavy atom. The van der Waals surface area contributed by atoms with Gasteiger partial charge in [0.2, 0.25) is 0 Å². The van der Waals surface area contributed by atoms with Crippen molar-refractivity contribution >= 4 is 23.3 Å². The SMILES string of the molecule is COC(=O)c1cc(C(=O)N(C)Cc2ccc(N(C)C)cc2)cc([N+](=O)[O-])c1. The number of carbonyl (C=O) groups is 2. The van der Waals surface area contributed by atoms with Gasteiger partial charge >= 0.3 is 5.97 Å². The third kappa shape index (κ3) is 4.81. The Hall–Kier alpha value is -3.42. The lowest BCUT2D eigenvalue weighted by Gasteiger charge is -2.19. The summed E-state index contributed by atoms with van der Waals surface area (Å²) < 4.78 is 4.60. The summed E-state index contributed by atoms with van der Waals surface area (Å²) in [7, 11) is 6.64. The van der Waals surface area contributed by atoms with E-state index in [2.05, 4.69) is 4.74 Å². The van der Waals surface area contributed by atoms with Gasteiger partial charge in [0.1, 0.15) is 0 Å². The van der Waals surface area contributed by atoms with Gasteiger partial charge in [-0.1, -0.05) is 12.1 Å². The molecule has 8 nitrogen and oxygen atoms in total. The van der Waals surface area contributed by atoms with Crippen molar-refractivity contribution in [2.75, 3.05) is 33.2 Å². The van der Waals surface area contributed by atoms with Crippen LogP contribution < -0.4 is 4.90 Å². The first kappa shape index (κ1) is 19.9. The van der Waals surface area contributed by atoms with Crippen LogP contribution in [-0.2, 0) is 11.3 Å². The molecule has 0 atom stereocenters. The maximum Gasteiger partial charge on any atom is 0.338 e. The van der Waals surface area contributed by atoms with E-state index in [0.29, 0.717) is 6.54 Å². The fourth-order valence-electron chi connectivity index (χ4n) is 2.54. The minimum atomic E-state index is -0.741. The summed E-state index contributed by atoms with van der Waals surface area (Å²) in [6.07, 6.45) is 0. The molecule has 0 saturated carbocycles. The summed E-state index contributed by atoms with van der Waals surface area (Å²) in [5.41, 5.74) is 1.62. The minimum Gasteiger partial charge on any atom is -0.465 e. The number of rotatable bonds is 6. The Morgan fingerprint density at radius 2 is 1.63 bits per heavy atom. The molecule has 0 radical (unpaired) electrons. The minimum absolute atomic E-state index is 0.0428. The van der Waals surface area contributed by atoms with E-state index in [1.54, 1.807) is 7.05 Å². The van der Waals surface area contributed by atoms with E-state index in [0.717, 1.165) is 23.4 Å². The summed E-state index contributed by atoms with van der Waals surface area (Å²) in [6, 6.07) is 11.2. The first-order valence-electron chi connectivity index (χ1n) is 8.12. The van der Waals surface area contributed by atoms with Gasteiger partial charge in [-0.25, -0.2) is 4.79 Å². The maximum absolute atomic E-state index is 12.7. The van der Waals surface area contributed by atoms with E-state index >= 15 is 0 Å². The van der Waals surface area contributed by atoms with Crippen molar-refractivity contribution in [2.45, 2.75) is 6.54 Å². The van der Waals surface area contributed by atoms with Gasteiger partial charge in [-0.15, -0.1) is 0 Å². The van der Waals surface area contributed by atoms with Gasteiger partial charge < -0.3 is 14.5 Å². The van der Waals surface area contributed by atoms with Crippen molar-refractivity contribution in [3.63, 3.8) is 0 Å². The lowest BCUT2D eigenvalue weighted by atomic mass is 10.1. The van der Waals surface area contributed by atoms with E-state index in [9.17, 15) is 19.7 Å². The zero-order valence-corrected chi connectivity index (χ0v) is 15.6. The van der Waals surface area contributed by atoms with E-state index in [4.69, 9.17) is 0 Å². The number of esters is 1. The number of nitro groups is 1. The van der Waals surface area contributed by atoms with E-state index in [1.807, 2.05) is 43.3 Å². The van der Waals surface area contributed by atoms with Crippen molar-refractivity contribution in [3.8, 4) is 0 Å². The molecule has 27 heavy (non-hydrogen) atoms. The normalized spacial score (nSPS) is 10.2. The number of nitrogens with zero attached hydrogens (tertiary/aromatic N) is 3. The first-order valence-corrected chi connectivity index (χ1v) is 8.12. The average Bonchev–Trinajstić information content (AvgIpc) is 2.66. The number of hydrogen-bond donors (Lipinski definition) is 0. The van der Waals surface area contributed by atoms with Crippen LogP contribution in [0.5, 0.6) is 0 Å². The molecule has 0 aromatic heterocycles. The van der Waals surface area contributed by atoms with Gasteiger partial charge in [0.15, 0.2) is 0 Å². The van der Waals surface area contributed by atoms with Gasteiger partial charge in [-0.2, -0.15) is 0 Å².